The van der Waals surface area contributed by atoms with Gasteiger partial charge in [0.05, 0.1) is 12.2 Å². The van der Waals surface area contributed by atoms with Gasteiger partial charge in [0, 0.05) is 0 Å². The first kappa shape index (κ1) is 10.8. The van der Waals surface area contributed by atoms with E-state index < -0.39 is 24.4 Å². The van der Waals surface area contributed by atoms with Crippen molar-refractivity contribution in [3.8, 4) is 0 Å². The van der Waals surface area contributed by atoms with E-state index in [0.29, 0.717) is 6.42 Å². The SMILES string of the molecule is CC[C@@H](O)[C@H](O)[C@H](O)[C@H](C)O. The molecule has 0 spiro atoms. The van der Waals surface area contributed by atoms with Gasteiger partial charge in [-0.3, -0.25) is 0 Å². The molecule has 4 heteroatoms. The molecule has 0 saturated carbocycles. The Morgan fingerprint density at radius 3 is 1.73 bits per heavy atom. The van der Waals surface area contributed by atoms with Crippen LogP contribution in [0.1, 0.15) is 20.3 Å². The van der Waals surface area contributed by atoms with Gasteiger partial charge in [0.2, 0.25) is 0 Å². The van der Waals surface area contributed by atoms with Crippen LogP contribution >= 0.6 is 0 Å². The van der Waals surface area contributed by atoms with E-state index in [1.165, 1.54) is 6.92 Å². The summed E-state index contributed by atoms with van der Waals surface area (Å²) < 4.78 is 0. The molecule has 0 aromatic heterocycles. The second-order valence-electron chi connectivity index (χ2n) is 2.70. The van der Waals surface area contributed by atoms with Crippen LogP contribution in [0, 0.1) is 0 Å². The van der Waals surface area contributed by atoms with Crippen molar-refractivity contribution in [3.05, 3.63) is 0 Å². The molecular weight excluding hydrogens is 148 g/mol. The van der Waals surface area contributed by atoms with Gasteiger partial charge in [0.25, 0.3) is 0 Å². The molecule has 0 bridgehead atoms. The highest BCUT2D eigenvalue weighted by atomic mass is 16.4. The molecule has 4 N–H and O–H groups in total. The minimum Gasteiger partial charge on any atom is -0.391 e. The lowest BCUT2D eigenvalue weighted by Gasteiger charge is -2.23. The zero-order valence-electron chi connectivity index (χ0n) is 6.81. The van der Waals surface area contributed by atoms with Crippen LogP contribution in [-0.4, -0.2) is 44.8 Å². The number of hydrogen-bond donors (Lipinski definition) is 4. The molecule has 0 saturated heterocycles. The fourth-order valence-corrected chi connectivity index (χ4v) is 0.754. The van der Waals surface area contributed by atoms with Crippen LogP contribution in [0.25, 0.3) is 0 Å². The van der Waals surface area contributed by atoms with E-state index in [-0.39, 0.29) is 0 Å². The van der Waals surface area contributed by atoms with Crippen LogP contribution in [0.4, 0.5) is 0 Å². The Morgan fingerprint density at radius 1 is 1.00 bits per heavy atom. The molecule has 0 aromatic carbocycles. The number of aliphatic hydroxyl groups is 4. The van der Waals surface area contributed by atoms with Gasteiger partial charge in [-0.15, -0.1) is 0 Å². The molecule has 68 valence electrons. The molecule has 0 heterocycles. The molecule has 0 unspecified atom stereocenters. The van der Waals surface area contributed by atoms with E-state index in [1.54, 1.807) is 6.92 Å². The van der Waals surface area contributed by atoms with E-state index in [1.807, 2.05) is 0 Å². The van der Waals surface area contributed by atoms with E-state index in [2.05, 4.69) is 0 Å². The Morgan fingerprint density at radius 2 is 1.45 bits per heavy atom. The van der Waals surface area contributed by atoms with Crippen molar-refractivity contribution in [1.29, 1.82) is 0 Å². The van der Waals surface area contributed by atoms with Crippen LogP contribution in [0.3, 0.4) is 0 Å². The quantitative estimate of drug-likeness (QED) is 0.423. The average Bonchev–Trinajstić information content (AvgIpc) is 2.00. The van der Waals surface area contributed by atoms with Crippen molar-refractivity contribution < 1.29 is 20.4 Å². The summed E-state index contributed by atoms with van der Waals surface area (Å²) in [5.74, 6) is 0. The molecule has 0 fully saturated rings. The summed E-state index contributed by atoms with van der Waals surface area (Å²) in [7, 11) is 0. The number of aliphatic hydroxyl groups excluding tert-OH is 4. The maximum absolute atomic E-state index is 9.10. The third-order valence-electron chi connectivity index (χ3n) is 1.66. The molecule has 0 aromatic rings. The van der Waals surface area contributed by atoms with E-state index in [4.69, 9.17) is 20.4 Å². The summed E-state index contributed by atoms with van der Waals surface area (Å²) >= 11 is 0. The van der Waals surface area contributed by atoms with Crippen molar-refractivity contribution in [3.63, 3.8) is 0 Å². The predicted molar refractivity (Wildman–Crippen MR) is 40.0 cm³/mol. The summed E-state index contributed by atoms with van der Waals surface area (Å²) in [5, 5.41) is 36.0. The molecule has 0 aliphatic carbocycles. The average molecular weight is 164 g/mol. The van der Waals surface area contributed by atoms with Gasteiger partial charge >= 0.3 is 0 Å². The number of rotatable bonds is 4. The van der Waals surface area contributed by atoms with Crippen molar-refractivity contribution in [1.82, 2.24) is 0 Å². The normalized spacial score (nSPS) is 22.4. The van der Waals surface area contributed by atoms with Gasteiger partial charge in [-0.2, -0.15) is 0 Å². The zero-order valence-corrected chi connectivity index (χ0v) is 6.81. The van der Waals surface area contributed by atoms with Crippen LogP contribution in [-0.2, 0) is 0 Å². The lowest BCUT2D eigenvalue weighted by molar-refractivity contribution is -0.100. The molecule has 0 rings (SSSR count). The molecule has 0 amide bonds. The molecule has 0 radical (unpaired) electrons. The van der Waals surface area contributed by atoms with E-state index in [9.17, 15) is 0 Å². The maximum Gasteiger partial charge on any atom is 0.108 e. The highest BCUT2D eigenvalue weighted by Crippen LogP contribution is 2.06. The largest absolute Gasteiger partial charge is 0.391 e. The monoisotopic (exact) mass is 164 g/mol. The van der Waals surface area contributed by atoms with Crippen molar-refractivity contribution in [2.45, 2.75) is 44.7 Å². The third-order valence-corrected chi connectivity index (χ3v) is 1.66. The van der Waals surface area contributed by atoms with Gasteiger partial charge in [-0.05, 0) is 13.3 Å². The minimum atomic E-state index is -1.27. The molecular formula is C7H16O4. The van der Waals surface area contributed by atoms with Crippen LogP contribution in [0.2, 0.25) is 0 Å². The molecule has 0 aliphatic heterocycles. The third kappa shape index (κ3) is 3.16. The number of hydrogen-bond acceptors (Lipinski definition) is 4. The first-order valence-electron chi connectivity index (χ1n) is 3.73. The van der Waals surface area contributed by atoms with E-state index >= 15 is 0 Å². The fourth-order valence-electron chi connectivity index (χ4n) is 0.754. The first-order valence-corrected chi connectivity index (χ1v) is 3.73. The minimum absolute atomic E-state index is 0.352. The zero-order chi connectivity index (χ0) is 9.02. The molecule has 0 aliphatic rings. The fraction of sp³-hybridized carbons (Fsp3) is 1.00. The predicted octanol–water partition coefficient (Wildman–Crippen LogP) is -1.14. The van der Waals surface area contributed by atoms with E-state index in [0.717, 1.165) is 0 Å². The molecule has 11 heavy (non-hydrogen) atoms. The molecule has 4 nitrogen and oxygen atoms in total. The summed E-state index contributed by atoms with van der Waals surface area (Å²) in [4.78, 5) is 0. The van der Waals surface area contributed by atoms with Crippen molar-refractivity contribution in [2.75, 3.05) is 0 Å². The van der Waals surface area contributed by atoms with Crippen LogP contribution in [0.15, 0.2) is 0 Å². The second kappa shape index (κ2) is 4.66. The van der Waals surface area contributed by atoms with Gasteiger partial charge < -0.3 is 20.4 Å². The Balaban J connectivity index is 3.90. The van der Waals surface area contributed by atoms with Gasteiger partial charge in [0.1, 0.15) is 12.2 Å². The van der Waals surface area contributed by atoms with Gasteiger partial charge in [0.15, 0.2) is 0 Å². The highest BCUT2D eigenvalue weighted by Gasteiger charge is 2.26. The summed E-state index contributed by atoms with van der Waals surface area (Å²) in [6.45, 7) is 3.04. The summed E-state index contributed by atoms with van der Waals surface area (Å²) in [5.41, 5.74) is 0. The topological polar surface area (TPSA) is 80.9 Å². The Labute approximate surface area is 66.1 Å². The van der Waals surface area contributed by atoms with Gasteiger partial charge in [-0.25, -0.2) is 0 Å². The highest BCUT2D eigenvalue weighted by molar-refractivity contribution is 4.77. The lowest BCUT2D eigenvalue weighted by Crippen LogP contribution is -2.42. The van der Waals surface area contributed by atoms with Crippen LogP contribution in [0.5, 0.6) is 0 Å². The Bertz CT molecular complexity index is 105. The second-order valence-corrected chi connectivity index (χ2v) is 2.70. The van der Waals surface area contributed by atoms with Crippen molar-refractivity contribution >= 4 is 0 Å². The maximum atomic E-state index is 9.10. The Kier molecular flexibility index (Phi) is 4.60. The Hall–Kier alpha value is -0.160. The molecule has 4 atom stereocenters. The van der Waals surface area contributed by atoms with Gasteiger partial charge in [-0.1, -0.05) is 6.92 Å². The lowest BCUT2D eigenvalue weighted by atomic mass is 10.0. The smallest absolute Gasteiger partial charge is 0.108 e. The van der Waals surface area contributed by atoms with Crippen molar-refractivity contribution in [2.24, 2.45) is 0 Å². The van der Waals surface area contributed by atoms with Crippen LogP contribution < -0.4 is 0 Å². The summed E-state index contributed by atoms with van der Waals surface area (Å²) in [6.07, 6.45) is -4.18. The first-order chi connectivity index (χ1) is 5.00. The standard InChI is InChI=1S/C7H16O4/c1-3-5(9)7(11)6(10)4(2)8/h4-11H,3H2,1-2H3/t4-,5+,6+,7-/m0/s1. The summed E-state index contributed by atoms with van der Waals surface area (Å²) in [6, 6.07) is 0.